The highest BCUT2D eigenvalue weighted by Gasteiger charge is 2.19. The highest BCUT2D eigenvalue weighted by atomic mass is 32.1. The molecule has 0 amide bonds. The molecule has 0 aliphatic heterocycles. The number of anilines is 3. The highest BCUT2D eigenvalue weighted by Crippen LogP contribution is 2.44. The van der Waals surface area contributed by atoms with E-state index in [0.717, 1.165) is 22.7 Å². The van der Waals surface area contributed by atoms with Gasteiger partial charge in [0, 0.05) is 73.9 Å². The Morgan fingerprint density at radius 1 is 0.339 bits per heavy atom. The Labute approximate surface area is 331 Å². The molecule has 0 unspecified atom stereocenters. The van der Waals surface area contributed by atoms with Crippen LogP contribution >= 0.6 is 22.7 Å². The van der Waals surface area contributed by atoms with Gasteiger partial charge in [-0.05, 0) is 107 Å². The smallest absolute Gasteiger partial charge is 0.0561 e. The molecule has 0 saturated heterocycles. The van der Waals surface area contributed by atoms with E-state index >= 15 is 0 Å². The molecule has 2 nitrogen and oxygen atoms in total. The molecular formula is C52H32N2S2. The maximum absolute atomic E-state index is 2.43. The van der Waals surface area contributed by atoms with Crippen LogP contribution in [0.5, 0.6) is 0 Å². The largest absolute Gasteiger partial charge is 0.310 e. The normalized spacial score (nSPS) is 11.9. The predicted octanol–water partition coefficient (Wildman–Crippen LogP) is 15.8. The lowest BCUT2D eigenvalue weighted by atomic mass is 9.99. The number of rotatable bonds is 5. The van der Waals surface area contributed by atoms with Gasteiger partial charge in [-0.3, -0.25) is 0 Å². The number of hydrogen-bond donors (Lipinski definition) is 0. The molecule has 3 heterocycles. The van der Waals surface area contributed by atoms with Crippen LogP contribution in [0.3, 0.4) is 0 Å². The summed E-state index contributed by atoms with van der Waals surface area (Å²) in [7, 11) is 0. The van der Waals surface area contributed by atoms with Crippen molar-refractivity contribution in [1.29, 1.82) is 0 Å². The van der Waals surface area contributed by atoms with Gasteiger partial charge in [0.05, 0.1) is 11.0 Å². The molecule has 0 saturated carbocycles. The Kier molecular flexibility index (Phi) is 7.00. The molecule has 9 aromatic carbocycles. The minimum absolute atomic E-state index is 1.12. The average Bonchev–Trinajstić information content (AvgIpc) is 3.93. The lowest BCUT2D eigenvalue weighted by Crippen LogP contribution is -2.09. The second-order valence-electron chi connectivity index (χ2n) is 14.5. The summed E-state index contributed by atoms with van der Waals surface area (Å²) in [5.74, 6) is 0. The molecular weight excluding hydrogens is 717 g/mol. The number of thiophene rings is 2. The molecule has 0 radical (unpaired) electrons. The van der Waals surface area contributed by atoms with Crippen molar-refractivity contribution in [1.82, 2.24) is 4.57 Å². The third-order valence-electron chi connectivity index (χ3n) is 11.4. The third-order valence-corrected chi connectivity index (χ3v) is 13.6. The predicted molar refractivity (Wildman–Crippen MR) is 244 cm³/mol. The van der Waals surface area contributed by atoms with Crippen molar-refractivity contribution >= 4 is 113 Å². The van der Waals surface area contributed by atoms with Crippen LogP contribution in [-0.2, 0) is 0 Å². The molecule has 56 heavy (non-hydrogen) atoms. The van der Waals surface area contributed by atoms with Gasteiger partial charge >= 0.3 is 0 Å². The summed E-state index contributed by atoms with van der Waals surface area (Å²) in [4.78, 5) is 2.39. The number of fused-ring (bicyclic) bond motifs is 11. The molecule has 12 aromatic rings. The quantitative estimate of drug-likeness (QED) is 0.170. The second kappa shape index (κ2) is 12.4. The Morgan fingerprint density at radius 3 is 1.82 bits per heavy atom. The van der Waals surface area contributed by atoms with Crippen LogP contribution in [0.15, 0.2) is 194 Å². The Balaban J connectivity index is 1.06. The lowest BCUT2D eigenvalue weighted by molar-refractivity contribution is 1.18. The summed E-state index contributed by atoms with van der Waals surface area (Å²) in [5, 5.41) is 10.4. The van der Waals surface area contributed by atoms with Gasteiger partial charge in [-0.25, -0.2) is 0 Å². The molecule has 0 bridgehead atoms. The second-order valence-corrected chi connectivity index (χ2v) is 16.7. The Morgan fingerprint density at radius 2 is 0.964 bits per heavy atom. The fourth-order valence-electron chi connectivity index (χ4n) is 8.79. The molecule has 0 N–H and O–H groups in total. The fraction of sp³-hybridized carbons (Fsp3) is 0. The molecule has 262 valence electrons. The third kappa shape index (κ3) is 4.86. The highest BCUT2D eigenvalue weighted by molar-refractivity contribution is 7.26. The molecule has 0 spiro atoms. The summed E-state index contributed by atoms with van der Waals surface area (Å²) in [5.41, 5.74) is 9.35. The zero-order valence-corrected chi connectivity index (χ0v) is 31.8. The van der Waals surface area contributed by atoms with E-state index in [4.69, 9.17) is 0 Å². The van der Waals surface area contributed by atoms with Gasteiger partial charge in [0.25, 0.3) is 0 Å². The molecule has 4 heteroatoms. The first-order valence-corrected chi connectivity index (χ1v) is 20.6. The molecule has 0 aliphatic carbocycles. The van der Waals surface area contributed by atoms with Gasteiger partial charge in [0.1, 0.15) is 0 Å². The zero-order valence-electron chi connectivity index (χ0n) is 30.2. The van der Waals surface area contributed by atoms with Crippen LogP contribution in [0.4, 0.5) is 17.1 Å². The molecule has 3 aromatic heterocycles. The number of benzene rings is 9. The summed E-state index contributed by atoms with van der Waals surface area (Å²) < 4.78 is 7.69. The van der Waals surface area contributed by atoms with Crippen LogP contribution in [0.25, 0.3) is 89.7 Å². The summed E-state index contributed by atoms with van der Waals surface area (Å²) in [6.45, 7) is 0. The summed E-state index contributed by atoms with van der Waals surface area (Å²) in [6.07, 6.45) is 0. The molecule has 0 atom stereocenters. The van der Waals surface area contributed by atoms with Gasteiger partial charge in [-0.2, -0.15) is 0 Å². The number of aromatic nitrogens is 1. The van der Waals surface area contributed by atoms with E-state index in [-0.39, 0.29) is 0 Å². The van der Waals surface area contributed by atoms with E-state index in [9.17, 15) is 0 Å². The van der Waals surface area contributed by atoms with Crippen LogP contribution in [0, 0.1) is 0 Å². The van der Waals surface area contributed by atoms with Gasteiger partial charge in [-0.15, -0.1) is 22.7 Å². The Bertz CT molecular complexity index is 3480. The Hall–Kier alpha value is -6.72. The first kappa shape index (κ1) is 31.6. The monoisotopic (exact) mass is 748 g/mol. The van der Waals surface area contributed by atoms with Crippen molar-refractivity contribution in [2.75, 3.05) is 4.90 Å². The maximum atomic E-state index is 2.43. The van der Waals surface area contributed by atoms with E-state index in [0.29, 0.717) is 0 Å². The first-order valence-electron chi connectivity index (χ1n) is 19.0. The van der Waals surface area contributed by atoms with E-state index in [2.05, 4.69) is 204 Å². The van der Waals surface area contributed by atoms with E-state index in [1.54, 1.807) is 0 Å². The SMILES string of the molecule is c1ccc(N(c2ccc3c(c2)sc2ccccc23)c2ccc3c4cc(-c5ccc6sc7ccc8ccccc8c7c6c5)ccc4n(-c4ccccc4)c3c2)cc1. The van der Waals surface area contributed by atoms with Crippen molar-refractivity contribution in [3.05, 3.63) is 194 Å². The van der Waals surface area contributed by atoms with Crippen molar-refractivity contribution in [2.24, 2.45) is 0 Å². The van der Waals surface area contributed by atoms with Gasteiger partial charge in [-0.1, -0.05) is 109 Å². The minimum Gasteiger partial charge on any atom is -0.310 e. The zero-order chi connectivity index (χ0) is 36.7. The number of nitrogens with zero attached hydrogens (tertiary/aromatic N) is 2. The van der Waals surface area contributed by atoms with Gasteiger partial charge < -0.3 is 9.47 Å². The lowest BCUT2D eigenvalue weighted by Gasteiger charge is -2.26. The molecule has 0 fully saturated rings. The van der Waals surface area contributed by atoms with Gasteiger partial charge in [0.15, 0.2) is 0 Å². The van der Waals surface area contributed by atoms with Crippen molar-refractivity contribution in [3.8, 4) is 16.8 Å². The summed E-state index contributed by atoms with van der Waals surface area (Å²) in [6, 6.07) is 71.4. The van der Waals surface area contributed by atoms with Gasteiger partial charge in [0.2, 0.25) is 0 Å². The molecule has 0 aliphatic rings. The summed E-state index contributed by atoms with van der Waals surface area (Å²) >= 11 is 3.74. The van der Waals surface area contributed by atoms with Crippen LogP contribution in [0.1, 0.15) is 0 Å². The maximum Gasteiger partial charge on any atom is 0.0561 e. The topological polar surface area (TPSA) is 8.17 Å². The first-order chi connectivity index (χ1) is 27.7. The number of para-hydroxylation sites is 2. The van der Waals surface area contributed by atoms with Crippen LogP contribution in [0.2, 0.25) is 0 Å². The van der Waals surface area contributed by atoms with Crippen molar-refractivity contribution in [2.45, 2.75) is 0 Å². The fourth-order valence-corrected chi connectivity index (χ4v) is 11.0. The standard InChI is InChI=1S/C52H32N2S2/c1-3-12-36(13-4-1)53(39-23-25-43-42-17-9-10-18-48(42)56-51(43)32-39)38-22-24-41-44-29-34(19-26-46(44)54(47(41)31-38)37-14-5-2-6-15-37)35-21-27-49-45(30-35)52-40-16-8-7-11-33(40)20-28-50(52)55-49/h1-32H. The molecule has 12 rings (SSSR count). The average molecular weight is 749 g/mol. The van der Waals surface area contributed by atoms with E-state index in [1.807, 2.05) is 22.7 Å². The van der Waals surface area contributed by atoms with E-state index in [1.165, 1.54) is 84.0 Å². The van der Waals surface area contributed by atoms with E-state index < -0.39 is 0 Å². The van der Waals surface area contributed by atoms with Crippen molar-refractivity contribution < 1.29 is 0 Å². The number of hydrogen-bond acceptors (Lipinski definition) is 3. The van der Waals surface area contributed by atoms with Crippen LogP contribution < -0.4 is 4.90 Å². The van der Waals surface area contributed by atoms with Crippen molar-refractivity contribution in [3.63, 3.8) is 0 Å². The minimum atomic E-state index is 1.12. The van der Waals surface area contributed by atoms with Crippen LogP contribution in [-0.4, -0.2) is 4.57 Å².